The number of nitrogens with zero attached hydrogens (tertiary/aromatic N) is 2. The van der Waals surface area contributed by atoms with Crippen molar-refractivity contribution in [2.45, 2.75) is 6.42 Å². The molecule has 3 aromatic rings. The van der Waals surface area contributed by atoms with Crippen LogP contribution in [0.5, 0.6) is 0 Å². The highest BCUT2D eigenvalue weighted by Crippen LogP contribution is 2.30. The lowest BCUT2D eigenvalue weighted by Gasteiger charge is -2.01. The molecule has 0 amide bonds. The van der Waals surface area contributed by atoms with Crippen molar-refractivity contribution in [3.63, 3.8) is 0 Å². The minimum atomic E-state index is 0.207. The van der Waals surface area contributed by atoms with E-state index in [9.17, 15) is 4.79 Å². The maximum Gasteiger partial charge on any atom is 0.226 e. The van der Waals surface area contributed by atoms with Gasteiger partial charge in [0.15, 0.2) is 5.78 Å². The number of aromatic nitrogens is 1. The number of nitriles is 1. The van der Waals surface area contributed by atoms with Gasteiger partial charge >= 0.3 is 0 Å². The van der Waals surface area contributed by atoms with Crippen molar-refractivity contribution in [1.29, 1.82) is 5.26 Å². The van der Waals surface area contributed by atoms with Gasteiger partial charge in [0, 0.05) is 32.5 Å². The van der Waals surface area contributed by atoms with Crippen LogP contribution in [0.15, 0.2) is 71.7 Å². The second kappa shape index (κ2) is 8.95. The fourth-order valence-corrected chi connectivity index (χ4v) is 4.11. The van der Waals surface area contributed by atoms with Gasteiger partial charge in [0.25, 0.3) is 0 Å². The van der Waals surface area contributed by atoms with Crippen LogP contribution in [-0.2, 0) is 4.79 Å². The van der Waals surface area contributed by atoms with E-state index in [0.29, 0.717) is 23.5 Å². The molecular weight excluding hydrogens is 587 g/mol. The summed E-state index contributed by atoms with van der Waals surface area (Å²) in [4.78, 5) is 15.0. The third-order valence-corrected chi connectivity index (χ3v) is 5.56. The number of pyridine rings is 1. The number of fused-ring (bicyclic) bond motifs is 1. The van der Waals surface area contributed by atoms with Gasteiger partial charge in [-0.2, -0.15) is 5.26 Å². The molecule has 1 aliphatic rings. The summed E-state index contributed by atoms with van der Waals surface area (Å²) in [6.45, 7) is 0. The molecule has 0 fully saturated rings. The van der Waals surface area contributed by atoms with Gasteiger partial charge in [-0.05, 0) is 68.9 Å². The van der Waals surface area contributed by atoms with E-state index >= 15 is 0 Å². The quantitative estimate of drug-likeness (QED) is 0.293. The van der Waals surface area contributed by atoms with Crippen molar-refractivity contribution in [3.05, 3.63) is 72.8 Å². The van der Waals surface area contributed by atoms with Crippen molar-refractivity contribution in [2.24, 2.45) is 0 Å². The predicted octanol–water partition coefficient (Wildman–Crippen LogP) is 6.69. The number of allylic oxidation sites excluding steroid dienone is 4. The number of benzene rings is 1. The van der Waals surface area contributed by atoms with Gasteiger partial charge in [-0.3, -0.25) is 4.79 Å². The summed E-state index contributed by atoms with van der Waals surface area (Å²) < 4.78 is 8.38. The van der Waals surface area contributed by atoms with Gasteiger partial charge in [0.2, 0.25) is 5.71 Å². The van der Waals surface area contributed by atoms with Gasteiger partial charge in [-0.25, -0.2) is 4.98 Å². The molecule has 0 unspecified atom stereocenters. The smallest absolute Gasteiger partial charge is 0.226 e. The van der Waals surface area contributed by atoms with Crippen molar-refractivity contribution >= 4 is 71.3 Å². The third-order valence-electron chi connectivity index (χ3n) is 3.67. The van der Waals surface area contributed by atoms with Crippen LogP contribution in [0.25, 0.3) is 22.4 Å². The van der Waals surface area contributed by atoms with E-state index in [4.69, 9.17) is 9.68 Å². The molecule has 0 atom stereocenters. The number of carbonyl (C=O) groups is 1. The Bertz CT molecular complexity index is 1130. The Balaban J connectivity index is 0.000000197. The van der Waals surface area contributed by atoms with Crippen LogP contribution >= 0.6 is 54.5 Å². The lowest BCUT2D eigenvalue weighted by atomic mass is 10.1. The molecule has 0 N–H and O–H groups in total. The van der Waals surface area contributed by atoms with Crippen LogP contribution in [0.2, 0.25) is 0 Å². The molecule has 1 aliphatic carbocycles. The molecule has 27 heavy (non-hydrogen) atoms. The number of hydrogen-bond acceptors (Lipinski definition) is 4. The van der Waals surface area contributed by atoms with E-state index in [2.05, 4.69) is 42.9 Å². The molecule has 7 heteroatoms. The molecule has 0 radical (unpaired) electrons. The average molecular weight is 598 g/mol. The molecule has 0 aliphatic heterocycles. The van der Waals surface area contributed by atoms with Crippen molar-refractivity contribution in [3.8, 4) is 17.4 Å². The monoisotopic (exact) mass is 596 g/mol. The lowest BCUT2D eigenvalue weighted by Crippen LogP contribution is -1.98. The topological polar surface area (TPSA) is 66.9 Å². The van der Waals surface area contributed by atoms with E-state index in [1.54, 1.807) is 12.3 Å². The first-order valence-corrected chi connectivity index (χ1v) is 10.4. The third kappa shape index (κ3) is 4.94. The highest BCUT2D eigenvalue weighted by molar-refractivity contribution is 14.1. The van der Waals surface area contributed by atoms with E-state index in [0.717, 1.165) is 23.5 Å². The Hall–Kier alpha value is -1.76. The Morgan fingerprint density at radius 1 is 1.22 bits per heavy atom. The van der Waals surface area contributed by atoms with Gasteiger partial charge in [0.05, 0.1) is 15.2 Å². The molecular formula is C20H11Br2IN2O2. The molecule has 0 saturated carbocycles. The van der Waals surface area contributed by atoms with Crippen molar-refractivity contribution < 1.29 is 9.21 Å². The lowest BCUT2D eigenvalue weighted by molar-refractivity contribution is -0.114. The van der Waals surface area contributed by atoms with Gasteiger partial charge < -0.3 is 4.42 Å². The summed E-state index contributed by atoms with van der Waals surface area (Å²) in [5.74, 6) is 0.867. The minimum absolute atomic E-state index is 0.207. The van der Waals surface area contributed by atoms with Crippen molar-refractivity contribution in [2.75, 3.05) is 0 Å². The fraction of sp³-hybridized carbons (Fsp3) is 0.0500. The SMILES string of the molecule is N#Cc1ccccc1-c1cc2cc(Br)cnc2o1.O=C1CC=C(Br)C=C1I. The Morgan fingerprint density at radius 2 is 2.00 bits per heavy atom. The first kappa shape index (κ1) is 20.0. The maximum atomic E-state index is 10.8. The standard InChI is InChI=1S/C14H7BrN2O.C6H4BrIO/c15-11-5-10-6-13(18-14(10)17-8-11)12-4-2-1-3-9(12)7-16;7-4-1-2-6(9)5(8)3-4/h1-6,8H;1,3H,2H2. The van der Waals surface area contributed by atoms with Crippen LogP contribution in [0.1, 0.15) is 12.0 Å². The number of hydrogen-bond donors (Lipinski definition) is 0. The Labute approximate surface area is 186 Å². The fourth-order valence-electron chi connectivity index (χ4n) is 2.38. The Kier molecular flexibility index (Phi) is 6.63. The number of ketones is 1. The summed E-state index contributed by atoms with van der Waals surface area (Å²) >= 11 is 8.69. The normalized spacial score (nSPS) is 13.3. The number of furan rings is 1. The van der Waals surface area contributed by atoms with E-state index < -0.39 is 0 Å². The highest BCUT2D eigenvalue weighted by atomic mass is 127. The molecule has 2 heterocycles. The summed E-state index contributed by atoms with van der Waals surface area (Å²) in [7, 11) is 0. The van der Waals surface area contributed by atoms with Gasteiger partial charge in [0.1, 0.15) is 5.76 Å². The molecule has 0 saturated heterocycles. The number of halogens is 3. The first-order valence-electron chi connectivity index (χ1n) is 7.78. The zero-order valence-electron chi connectivity index (χ0n) is 13.7. The van der Waals surface area contributed by atoms with E-state index in [1.807, 2.05) is 65.1 Å². The van der Waals surface area contributed by atoms with Gasteiger partial charge in [-0.15, -0.1) is 0 Å². The largest absolute Gasteiger partial charge is 0.438 e. The van der Waals surface area contributed by atoms with Crippen LogP contribution in [0, 0.1) is 11.3 Å². The second-order valence-electron chi connectivity index (χ2n) is 5.52. The molecule has 134 valence electrons. The summed E-state index contributed by atoms with van der Waals surface area (Å²) in [5.41, 5.74) is 1.95. The molecule has 2 aromatic heterocycles. The number of carbonyl (C=O) groups excluding carboxylic acids is 1. The molecule has 0 bridgehead atoms. The number of rotatable bonds is 1. The highest BCUT2D eigenvalue weighted by Gasteiger charge is 2.11. The van der Waals surface area contributed by atoms with Crippen LogP contribution < -0.4 is 0 Å². The zero-order chi connectivity index (χ0) is 19.4. The molecule has 4 rings (SSSR count). The second-order valence-corrected chi connectivity index (χ2v) is 8.52. The summed E-state index contributed by atoms with van der Waals surface area (Å²) in [6, 6.07) is 13.3. The van der Waals surface area contributed by atoms with Crippen LogP contribution in [0.4, 0.5) is 0 Å². The number of Topliss-reactive ketones (excluding diaryl/α,β-unsaturated/α-hetero) is 1. The predicted molar refractivity (Wildman–Crippen MR) is 121 cm³/mol. The van der Waals surface area contributed by atoms with Crippen LogP contribution in [0.3, 0.4) is 0 Å². The first-order chi connectivity index (χ1) is 13.0. The maximum absolute atomic E-state index is 10.8. The van der Waals surface area contributed by atoms with E-state index in [-0.39, 0.29) is 5.78 Å². The van der Waals surface area contributed by atoms with E-state index in [1.165, 1.54) is 0 Å². The molecule has 1 aromatic carbocycles. The van der Waals surface area contributed by atoms with Gasteiger partial charge in [-0.1, -0.05) is 34.1 Å². The molecule has 0 spiro atoms. The average Bonchev–Trinajstić information content (AvgIpc) is 3.08. The minimum Gasteiger partial charge on any atom is -0.438 e. The zero-order valence-corrected chi connectivity index (χ0v) is 19.1. The summed E-state index contributed by atoms with van der Waals surface area (Å²) in [5, 5.41) is 9.99. The molecule has 4 nitrogen and oxygen atoms in total. The van der Waals surface area contributed by atoms with Crippen molar-refractivity contribution in [1.82, 2.24) is 4.98 Å². The van der Waals surface area contributed by atoms with Crippen LogP contribution in [-0.4, -0.2) is 10.8 Å². The summed E-state index contributed by atoms with van der Waals surface area (Å²) in [6.07, 6.45) is 5.91. The Morgan fingerprint density at radius 3 is 2.70 bits per heavy atom.